The summed E-state index contributed by atoms with van der Waals surface area (Å²) >= 11 is 0. The first-order valence-corrected chi connectivity index (χ1v) is 22.0. The van der Waals surface area contributed by atoms with Crippen LogP contribution in [0.3, 0.4) is 0 Å². The molecule has 9 aromatic carbocycles. The maximum atomic E-state index is 14.0. The van der Waals surface area contributed by atoms with E-state index in [1.165, 1.54) is 0 Å². The molecule has 6 heteroatoms. The summed E-state index contributed by atoms with van der Waals surface area (Å²) in [4.78, 5) is 16.1. The number of hydrogen-bond acceptors (Lipinski definition) is 5. The lowest BCUT2D eigenvalue weighted by atomic mass is 9.79. The molecule has 9 aromatic rings. The van der Waals surface area contributed by atoms with Crippen LogP contribution < -0.4 is 15.5 Å². The summed E-state index contributed by atoms with van der Waals surface area (Å²) < 4.78 is 0. The molecule has 11 rings (SSSR count). The number of phenols is 1. The van der Waals surface area contributed by atoms with Crippen molar-refractivity contribution in [3.05, 3.63) is 235 Å². The molecule has 0 radical (unpaired) electrons. The largest absolute Gasteiger partial charge is 0.507 e. The van der Waals surface area contributed by atoms with Crippen molar-refractivity contribution in [2.24, 2.45) is 0 Å². The molecule has 0 aromatic heterocycles. The van der Waals surface area contributed by atoms with Crippen molar-refractivity contribution in [2.45, 2.75) is 0 Å². The molecular formula is C56H38NO4P. The van der Waals surface area contributed by atoms with Gasteiger partial charge in [0.2, 0.25) is 5.78 Å². The average molecular weight is 820 g/mol. The Kier molecular flexibility index (Phi) is 9.00. The van der Waals surface area contributed by atoms with E-state index < -0.39 is 13.3 Å². The number of allylic oxidation sites excluding steroid dienone is 5. The number of aromatic hydroxyl groups is 1. The highest BCUT2D eigenvalue weighted by atomic mass is 31.1. The monoisotopic (exact) mass is 819 g/mol. The minimum absolute atomic E-state index is 0.00701. The standard InChI is InChI=1S/C56H38NO4P/c58-51-33-45(57(43-21-17-35-9-1-5-13-39(35)29-43)44-22-18-36-10-2-6-14-40(36)30-44)23-27-49(51)53-55(60)54(56(53)61)50-28-26-48(34-52(50)59)62(46-24-19-37-11-3-7-15-41(37)31-46)47-25-20-38-12-4-8-16-42(38)32-47/h1-34,58-60,62H/b54-50+. The lowest BCUT2D eigenvalue weighted by Gasteiger charge is -2.28. The Morgan fingerprint density at radius 1 is 0.419 bits per heavy atom. The van der Waals surface area contributed by atoms with Gasteiger partial charge in [-0.3, -0.25) is 4.79 Å². The Labute approximate surface area is 358 Å². The van der Waals surface area contributed by atoms with E-state index in [1.54, 1.807) is 24.3 Å². The van der Waals surface area contributed by atoms with Crippen molar-refractivity contribution in [1.82, 2.24) is 0 Å². The highest BCUT2D eigenvalue weighted by molar-refractivity contribution is 7.74. The molecule has 0 amide bonds. The molecule has 0 saturated heterocycles. The number of rotatable bonds is 6. The van der Waals surface area contributed by atoms with Gasteiger partial charge in [0.25, 0.3) is 0 Å². The maximum Gasteiger partial charge on any atom is 0.202 e. The van der Waals surface area contributed by atoms with Crippen molar-refractivity contribution in [1.29, 1.82) is 0 Å². The normalized spacial score (nSPS) is 15.2. The Balaban J connectivity index is 0.975. The molecule has 62 heavy (non-hydrogen) atoms. The number of nitrogens with zero attached hydrogens (tertiary/aromatic N) is 1. The van der Waals surface area contributed by atoms with Crippen LogP contribution in [0.4, 0.5) is 17.1 Å². The molecule has 0 spiro atoms. The number of ketones is 1. The molecule has 0 unspecified atom stereocenters. The van der Waals surface area contributed by atoms with E-state index in [-0.39, 0.29) is 39.6 Å². The smallest absolute Gasteiger partial charge is 0.202 e. The zero-order valence-electron chi connectivity index (χ0n) is 33.3. The fourth-order valence-corrected chi connectivity index (χ4v) is 11.6. The van der Waals surface area contributed by atoms with Crippen LogP contribution in [0.15, 0.2) is 229 Å². The van der Waals surface area contributed by atoms with Crippen LogP contribution in [-0.4, -0.2) is 26.4 Å². The number of hydrogen-bond donors (Lipinski definition) is 3. The molecule has 0 saturated carbocycles. The van der Waals surface area contributed by atoms with Gasteiger partial charge < -0.3 is 20.2 Å². The SMILES string of the molecule is O=C1C(c2ccc(N(c3ccc4ccccc4c3)c3ccc4ccccc4c3)cc2O)=C(O)/C1=C1/C=CC(=[PH](c2ccc3ccccc3c2)c2ccc3ccccc3c2)C=C1O. The van der Waals surface area contributed by atoms with Crippen LogP contribution in [0, 0.1) is 0 Å². The number of carbonyl (C=O) groups excluding carboxylic acids is 1. The van der Waals surface area contributed by atoms with Crippen LogP contribution in [0.25, 0.3) is 48.7 Å². The average Bonchev–Trinajstić information content (AvgIpc) is 3.30. The van der Waals surface area contributed by atoms with Crippen LogP contribution >= 0.6 is 7.55 Å². The molecule has 2 aliphatic carbocycles. The minimum Gasteiger partial charge on any atom is -0.507 e. The summed E-state index contributed by atoms with van der Waals surface area (Å²) in [6, 6.07) is 63.7. The summed E-state index contributed by atoms with van der Waals surface area (Å²) in [5.41, 5.74) is 2.96. The Hall–Kier alpha value is -7.85. The van der Waals surface area contributed by atoms with E-state index in [0.29, 0.717) is 5.69 Å². The molecule has 296 valence electrons. The summed E-state index contributed by atoms with van der Waals surface area (Å²) in [6.07, 6.45) is 5.42. The third-order valence-electron chi connectivity index (χ3n) is 12.1. The van der Waals surface area contributed by atoms with E-state index >= 15 is 0 Å². The fourth-order valence-electron chi connectivity index (χ4n) is 8.94. The molecular weight excluding hydrogens is 782 g/mol. The Morgan fingerprint density at radius 2 is 0.855 bits per heavy atom. The van der Waals surface area contributed by atoms with Crippen LogP contribution in [-0.2, 0) is 4.79 Å². The van der Waals surface area contributed by atoms with E-state index in [9.17, 15) is 20.1 Å². The first kappa shape index (κ1) is 37.2. The molecule has 0 fully saturated rings. The number of phenolic OH excluding ortho intramolecular Hbond substituents is 1. The van der Waals surface area contributed by atoms with Gasteiger partial charge in [-0.1, -0.05) is 147 Å². The first-order chi connectivity index (χ1) is 30.4. The zero-order chi connectivity index (χ0) is 41.9. The third kappa shape index (κ3) is 6.39. The van der Waals surface area contributed by atoms with E-state index in [4.69, 9.17) is 0 Å². The van der Waals surface area contributed by atoms with Gasteiger partial charge in [0, 0.05) is 34.3 Å². The number of anilines is 3. The van der Waals surface area contributed by atoms with Crippen molar-refractivity contribution in [3.63, 3.8) is 0 Å². The van der Waals surface area contributed by atoms with Crippen molar-refractivity contribution in [3.8, 4) is 5.75 Å². The van der Waals surface area contributed by atoms with Gasteiger partial charge in [0.1, 0.15) is 17.3 Å². The highest BCUT2D eigenvalue weighted by Gasteiger charge is 2.39. The van der Waals surface area contributed by atoms with E-state index in [0.717, 1.165) is 70.4 Å². The topological polar surface area (TPSA) is 81.0 Å². The van der Waals surface area contributed by atoms with Crippen molar-refractivity contribution >= 4 is 95.0 Å². The molecule has 0 aliphatic heterocycles. The third-order valence-corrected chi connectivity index (χ3v) is 14.7. The molecule has 0 bridgehead atoms. The zero-order valence-corrected chi connectivity index (χ0v) is 34.3. The minimum atomic E-state index is -1.63. The molecule has 2 aliphatic rings. The highest BCUT2D eigenvalue weighted by Crippen LogP contribution is 2.46. The molecule has 0 heterocycles. The number of Topliss-reactive ketones (excluding diaryl/α,β-unsaturated/α-hetero) is 1. The van der Waals surface area contributed by atoms with Gasteiger partial charge in [-0.05, 0) is 120 Å². The summed E-state index contributed by atoms with van der Waals surface area (Å²) in [5, 5.41) is 47.1. The fraction of sp³-hybridized carbons (Fsp3) is 0. The van der Waals surface area contributed by atoms with Crippen LogP contribution in [0.5, 0.6) is 5.75 Å². The quantitative estimate of drug-likeness (QED) is 0.115. The number of carbonyl (C=O) groups is 1. The second-order valence-electron chi connectivity index (χ2n) is 15.8. The van der Waals surface area contributed by atoms with Crippen LogP contribution in [0.1, 0.15) is 5.56 Å². The van der Waals surface area contributed by atoms with Gasteiger partial charge >= 0.3 is 0 Å². The molecule has 3 N–H and O–H groups in total. The summed E-state index contributed by atoms with van der Waals surface area (Å²) in [5.74, 6) is -0.970. The predicted molar refractivity (Wildman–Crippen MR) is 260 cm³/mol. The number of fused-ring (bicyclic) bond motifs is 4. The number of aliphatic hydroxyl groups is 2. The Bertz CT molecular complexity index is 3380. The number of benzene rings is 9. The van der Waals surface area contributed by atoms with E-state index in [1.807, 2.05) is 60.7 Å². The van der Waals surface area contributed by atoms with Gasteiger partial charge in [-0.25, -0.2) is 0 Å². The van der Waals surface area contributed by atoms with E-state index in [2.05, 4.69) is 126 Å². The second kappa shape index (κ2) is 15.0. The first-order valence-electron chi connectivity index (χ1n) is 20.5. The second-order valence-corrected chi connectivity index (χ2v) is 18.2. The maximum absolute atomic E-state index is 14.0. The van der Waals surface area contributed by atoms with Crippen molar-refractivity contribution in [2.75, 3.05) is 4.90 Å². The van der Waals surface area contributed by atoms with Gasteiger partial charge in [0.05, 0.1) is 11.1 Å². The van der Waals surface area contributed by atoms with Crippen LogP contribution in [0.2, 0.25) is 0 Å². The number of aliphatic hydroxyl groups excluding tert-OH is 2. The van der Waals surface area contributed by atoms with Gasteiger partial charge in [-0.15, -0.1) is 0 Å². The van der Waals surface area contributed by atoms with Gasteiger partial charge in [0.15, 0.2) is 0 Å². The predicted octanol–water partition coefficient (Wildman–Crippen LogP) is 12.7. The summed E-state index contributed by atoms with van der Waals surface area (Å²) in [7, 11) is -1.63. The lowest BCUT2D eigenvalue weighted by Crippen LogP contribution is -2.24. The molecule has 0 atom stereocenters. The summed E-state index contributed by atoms with van der Waals surface area (Å²) in [6.45, 7) is 0. The van der Waals surface area contributed by atoms with Crippen molar-refractivity contribution < 1.29 is 20.1 Å². The molecule has 5 nitrogen and oxygen atoms in total. The van der Waals surface area contributed by atoms with Gasteiger partial charge in [-0.2, -0.15) is 0 Å². The Morgan fingerprint density at radius 3 is 1.32 bits per heavy atom. The lowest BCUT2D eigenvalue weighted by molar-refractivity contribution is -0.111.